The fourth-order valence-corrected chi connectivity index (χ4v) is 0.818. The third-order valence-electron chi connectivity index (χ3n) is 1.44. The van der Waals surface area contributed by atoms with Crippen LogP contribution in [-0.2, 0) is 4.79 Å². The Bertz CT molecular complexity index is 345. The summed E-state index contributed by atoms with van der Waals surface area (Å²) in [6, 6.07) is 0. The van der Waals surface area contributed by atoms with Gasteiger partial charge in [-0.3, -0.25) is 9.59 Å². The van der Waals surface area contributed by atoms with Gasteiger partial charge in [-0.15, -0.1) is 0 Å². The number of carbonyl (C=O) groups is 2. The van der Waals surface area contributed by atoms with E-state index in [1.165, 1.54) is 6.20 Å². The topological polar surface area (TPSA) is 92.4 Å². The third-order valence-corrected chi connectivity index (χ3v) is 1.44. The van der Waals surface area contributed by atoms with Gasteiger partial charge in [0.15, 0.2) is 0 Å². The van der Waals surface area contributed by atoms with E-state index in [2.05, 4.69) is 10.3 Å². The number of carboxylic acids is 1. The maximum absolute atomic E-state index is 11.2. The van der Waals surface area contributed by atoms with Gasteiger partial charge in [-0.05, 0) is 6.92 Å². The maximum Gasteiger partial charge on any atom is 0.307 e. The first-order valence-corrected chi connectivity index (χ1v) is 4.02. The van der Waals surface area contributed by atoms with Gasteiger partial charge in [-0.25, -0.2) is 4.98 Å². The molecule has 0 aliphatic rings. The van der Waals surface area contributed by atoms with Crippen LogP contribution in [0.5, 0.6) is 0 Å². The predicted octanol–water partition coefficient (Wildman–Crippen LogP) is 0.188. The van der Waals surface area contributed by atoms with E-state index in [9.17, 15) is 9.59 Å². The Labute approximate surface area is 79.9 Å². The van der Waals surface area contributed by atoms with E-state index in [-0.39, 0.29) is 18.9 Å². The van der Waals surface area contributed by atoms with Crippen molar-refractivity contribution in [2.24, 2.45) is 0 Å². The number of carboxylic acid groups (broad SMARTS) is 1. The van der Waals surface area contributed by atoms with Crippen molar-refractivity contribution in [2.45, 2.75) is 13.3 Å². The first-order valence-electron chi connectivity index (χ1n) is 4.02. The summed E-state index contributed by atoms with van der Waals surface area (Å²) >= 11 is 0. The van der Waals surface area contributed by atoms with Gasteiger partial charge in [0, 0.05) is 6.54 Å². The molecule has 0 fully saturated rings. The Morgan fingerprint density at radius 1 is 1.64 bits per heavy atom. The fourth-order valence-electron chi connectivity index (χ4n) is 0.818. The summed E-state index contributed by atoms with van der Waals surface area (Å²) in [4.78, 5) is 25.0. The zero-order chi connectivity index (χ0) is 10.6. The highest BCUT2D eigenvalue weighted by Crippen LogP contribution is 2.00. The number of aromatic nitrogens is 1. The van der Waals surface area contributed by atoms with Crippen molar-refractivity contribution in [2.75, 3.05) is 6.54 Å². The minimum absolute atomic E-state index is 0.0483. The number of amides is 1. The molecular weight excluding hydrogens is 188 g/mol. The summed E-state index contributed by atoms with van der Waals surface area (Å²) in [5.41, 5.74) is 0. The van der Waals surface area contributed by atoms with E-state index in [4.69, 9.17) is 9.52 Å². The van der Waals surface area contributed by atoms with Crippen LogP contribution in [0.25, 0.3) is 0 Å². The van der Waals surface area contributed by atoms with Crippen LogP contribution in [0.4, 0.5) is 0 Å². The summed E-state index contributed by atoms with van der Waals surface area (Å²) in [5.74, 6) is -0.977. The van der Waals surface area contributed by atoms with Crippen LogP contribution in [0.3, 0.4) is 0 Å². The molecule has 1 heterocycles. The van der Waals surface area contributed by atoms with E-state index >= 15 is 0 Å². The molecule has 0 aliphatic carbocycles. The number of nitrogens with one attached hydrogen (secondary N) is 1. The normalized spacial score (nSPS) is 9.79. The van der Waals surface area contributed by atoms with Crippen LogP contribution in [0.2, 0.25) is 0 Å². The predicted molar refractivity (Wildman–Crippen MR) is 45.8 cm³/mol. The molecular formula is C8H10N2O4. The molecule has 0 saturated carbocycles. The van der Waals surface area contributed by atoms with Crippen molar-refractivity contribution in [1.82, 2.24) is 10.3 Å². The van der Waals surface area contributed by atoms with Crippen LogP contribution >= 0.6 is 0 Å². The molecule has 0 aromatic carbocycles. The van der Waals surface area contributed by atoms with E-state index in [0.29, 0.717) is 5.76 Å². The highest BCUT2D eigenvalue weighted by atomic mass is 16.4. The summed E-state index contributed by atoms with van der Waals surface area (Å²) in [6.45, 7) is 1.73. The van der Waals surface area contributed by atoms with Crippen molar-refractivity contribution >= 4 is 11.9 Å². The average Bonchev–Trinajstić information content (AvgIpc) is 2.51. The average molecular weight is 198 g/mol. The molecule has 0 aliphatic heterocycles. The van der Waals surface area contributed by atoms with Gasteiger partial charge in [-0.1, -0.05) is 0 Å². The SMILES string of the molecule is Cc1cnc(C(=O)NCCC(=O)O)o1. The molecule has 0 bridgehead atoms. The van der Waals surface area contributed by atoms with Gasteiger partial charge in [0.25, 0.3) is 5.89 Å². The minimum Gasteiger partial charge on any atom is -0.481 e. The number of carbonyl (C=O) groups excluding carboxylic acids is 1. The van der Waals surface area contributed by atoms with Crippen LogP contribution < -0.4 is 5.32 Å². The molecule has 6 nitrogen and oxygen atoms in total. The molecule has 76 valence electrons. The second-order valence-electron chi connectivity index (χ2n) is 2.68. The lowest BCUT2D eigenvalue weighted by Gasteiger charge is -1.98. The second kappa shape index (κ2) is 4.40. The van der Waals surface area contributed by atoms with Crippen molar-refractivity contribution in [1.29, 1.82) is 0 Å². The number of oxazole rings is 1. The van der Waals surface area contributed by atoms with E-state index in [1.807, 2.05) is 0 Å². The number of nitrogens with zero attached hydrogens (tertiary/aromatic N) is 1. The molecule has 1 aromatic rings. The van der Waals surface area contributed by atoms with Gasteiger partial charge < -0.3 is 14.8 Å². The summed E-state index contributed by atoms with van der Waals surface area (Å²) in [5, 5.41) is 10.7. The Kier molecular flexibility index (Phi) is 3.22. The van der Waals surface area contributed by atoms with Gasteiger partial charge in [0.1, 0.15) is 5.76 Å². The number of hydrogen-bond acceptors (Lipinski definition) is 4. The molecule has 1 amide bonds. The molecule has 1 aromatic heterocycles. The largest absolute Gasteiger partial charge is 0.481 e. The van der Waals surface area contributed by atoms with Gasteiger partial charge in [0.05, 0.1) is 12.6 Å². The highest BCUT2D eigenvalue weighted by molar-refractivity contribution is 5.89. The Balaban J connectivity index is 2.39. The highest BCUT2D eigenvalue weighted by Gasteiger charge is 2.11. The molecule has 1 rings (SSSR count). The Morgan fingerprint density at radius 2 is 2.36 bits per heavy atom. The summed E-state index contributed by atoms with van der Waals surface area (Å²) < 4.78 is 4.93. The molecule has 0 saturated heterocycles. The van der Waals surface area contributed by atoms with Crippen molar-refractivity contribution in [3.63, 3.8) is 0 Å². The van der Waals surface area contributed by atoms with Crippen molar-refractivity contribution < 1.29 is 19.1 Å². The first-order chi connectivity index (χ1) is 6.59. The quantitative estimate of drug-likeness (QED) is 0.720. The zero-order valence-electron chi connectivity index (χ0n) is 7.61. The lowest BCUT2D eigenvalue weighted by atomic mass is 10.4. The van der Waals surface area contributed by atoms with Gasteiger partial charge in [-0.2, -0.15) is 0 Å². The van der Waals surface area contributed by atoms with E-state index < -0.39 is 11.9 Å². The minimum atomic E-state index is -0.964. The van der Waals surface area contributed by atoms with E-state index in [0.717, 1.165) is 0 Å². The number of aliphatic carboxylic acids is 1. The Hall–Kier alpha value is -1.85. The molecule has 0 unspecified atom stereocenters. The van der Waals surface area contributed by atoms with E-state index in [1.54, 1.807) is 6.92 Å². The summed E-state index contributed by atoms with van der Waals surface area (Å²) in [6.07, 6.45) is 1.30. The van der Waals surface area contributed by atoms with Crippen molar-refractivity contribution in [3.8, 4) is 0 Å². The smallest absolute Gasteiger partial charge is 0.307 e. The lowest BCUT2D eigenvalue weighted by molar-refractivity contribution is -0.136. The molecule has 14 heavy (non-hydrogen) atoms. The standard InChI is InChI=1S/C8H10N2O4/c1-5-4-10-8(14-5)7(13)9-3-2-6(11)12/h4H,2-3H2,1H3,(H,9,13)(H,11,12). The molecule has 2 N–H and O–H groups in total. The fraction of sp³-hybridized carbons (Fsp3) is 0.375. The second-order valence-corrected chi connectivity index (χ2v) is 2.68. The van der Waals surface area contributed by atoms with Gasteiger partial charge in [0.2, 0.25) is 0 Å². The zero-order valence-corrected chi connectivity index (χ0v) is 7.61. The Morgan fingerprint density at radius 3 is 2.86 bits per heavy atom. The van der Waals surface area contributed by atoms with Gasteiger partial charge >= 0.3 is 11.9 Å². The third kappa shape index (κ3) is 2.89. The first kappa shape index (κ1) is 10.2. The van der Waals surface area contributed by atoms with Crippen LogP contribution in [0.1, 0.15) is 22.9 Å². The summed E-state index contributed by atoms with van der Waals surface area (Å²) in [7, 11) is 0. The number of hydrogen-bond donors (Lipinski definition) is 2. The molecule has 6 heteroatoms. The maximum atomic E-state index is 11.2. The van der Waals surface area contributed by atoms with Crippen molar-refractivity contribution in [3.05, 3.63) is 17.8 Å². The van der Waals surface area contributed by atoms with Crippen LogP contribution in [0.15, 0.2) is 10.6 Å². The molecule has 0 spiro atoms. The lowest BCUT2D eigenvalue weighted by Crippen LogP contribution is -2.26. The molecule has 0 atom stereocenters. The monoisotopic (exact) mass is 198 g/mol. The number of aryl methyl sites for hydroxylation is 1. The van der Waals surface area contributed by atoms with Crippen LogP contribution in [-0.4, -0.2) is 28.5 Å². The molecule has 0 radical (unpaired) electrons. The number of rotatable bonds is 4. The van der Waals surface area contributed by atoms with Crippen LogP contribution in [0, 0.1) is 6.92 Å².